The zero-order valence-electron chi connectivity index (χ0n) is 8.42. The van der Waals surface area contributed by atoms with Crippen molar-refractivity contribution in [3.63, 3.8) is 0 Å². The van der Waals surface area contributed by atoms with E-state index in [2.05, 4.69) is 15.5 Å². The van der Waals surface area contributed by atoms with E-state index >= 15 is 0 Å². The van der Waals surface area contributed by atoms with Crippen molar-refractivity contribution in [2.45, 2.75) is 19.3 Å². The van der Waals surface area contributed by atoms with Crippen molar-refractivity contribution in [1.29, 1.82) is 0 Å². The molecule has 2 rings (SSSR count). The molecule has 1 aliphatic heterocycles. The number of halogens is 1. The van der Waals surface area contributed by atoms with Crippen LogP contribution in [0, 0.1) is 5.92 Å². The number of rotatable bonds is 2. The molecule has 4 nitrogen and oxygen atoms in total. The van der Waals surface area contributed by atoms with Crippen molar-refractivity contribution in [2.75, 3.05) is 13.1 Å². The van der Waals surface area contributed by atoms with E-state index in [-0.39, 0.29) is 10.6 Å². The van der Waals surface area contributed by atoms with Crippen LogP contribution in [0.3, 0.4) is 0 Å². The normalized spacial score (nSPS) is 17.9. The number of aromatic nitrogens is 2. The van der Waals surface area contributed by atoms with Crippen LogP contribution in [0.15, 0.2) is 10.9 Å². The lowest BCUT2D eigenvalue weighted by Gasteiger charge is -2.21. The molecule has 0 unspecified atom stereocenters. The highest BCUT2D eigenvalue weighted by molar-refractivity contribution is 6.30. The summed E-state index contributed by atoms with van der Waals surface area (Å²) in [6.45, 7) is 2.14. The van der Waals surface area contributed by atoms with Crippen LogP contribution in [0.1, 0.15) is 18.5 Å². The van der Waals surface area contributed by atoms with Crippen LogP contribution >= 0.6 is 11.6 Å². The van der Waals surface area contributed by atoms with E-state index < -0.39 is 0 Å². The molecule has 1 aliphatic rings. The number of hydrogen-bond donors (Lipinski definition) is 2. The summed E-state index contributed by atoms with van der Waals surface area (Å²) in [6, 6.07) is 1.67. The number of piperidine rings is 1. The number of hydrogen-bond acceptors (Lipinski definition) is 3. The molecule has 1 aromatic rings. The third-order valence-electron chi connectivity index (χ3n) is 2.77. The van der Waals surface area contributed by atoms with Crippen LogP contribution in [-0.2, 0) is 6.42 Å². The summed E-state index contributed by atoms with van der Waals surface area (Å²) in [6.07, 6.45) is 3.23. The Morgan fingerprint density at radius 3 is 2.87 bits per heavy atom. The van der Waals surface area contributed by atoms with Gasteiger partial charge in [-0.1, -0.05) is 11.6 Å². The third-order valence-corrected chi connectivity index (χ3v) is 3.05. The Hall–Kier alpha value is -0.870. The van der Waals surface area contributed by atoms with Gasteiger partial charge in [0.2, 0.25) is 0 Å². The Kier molecular flexibility index (Phi) is 3.38. The first-order valence-corrected chi connectivity index (χ1v) is 5.58. The Bertz CT molecular complexity index is 384. The summed E-state index contributed by atoms with van der Waals surface area (Å²) in [5.41, 5.74) is 0.567. The summed E-state index contributed by atoms with van der Waals surface area (Å²) >= 11 is 5.74. The first-order valence-electron chi connectivity index (χ1n) is 5.20. The summed E-state index contributed by atoms with van der Waals surface area (Å²) in [5.74, 6) is 0.653. The maximum absolute atomic E-state index is 11.0. The van der Waals surface area contributed by atoms with Gasteiger partial charge in [0.15, 0.2) is 0 Å². The first kappa shape index (κ1) is 10.6. The smallest absolute Gasteiger partial charge is 0.282 e. The maximum Gasteiger partial charge on any atom is 0.282 e. The minimum atomic E-state index is -0.314. The van der Waals surface area contributed by atoms with Crippen molar-refractivity contribution >= 4 is 11.6 Å². The van der Waals surface area contributed by atoms with Crippen molar-refractivity contribution in [3.8, 4) is 0 Å². The molecular weight excluding hydrogens is 214 g/mol. The molecule has 82 valence electrons. The molecule has 0 radical (unpaired) electrons. The summed E-state index contributed by atoms with van der Waals surface area (Å²) < 4.78 is 0. The molecule has 2 N–H and O–H groups in total. The number of nitrogens with zero attached hydrogens (tertiary/aromatic N) is 1. The van der Waals surface area contributed by atoms with Crippen LogP contribution in [0.4, 0.5) is 0 Å². The number of nitrogens with one attached hydrogen (secondary N) is 2. The van der Waals surface area contributed by atoms with E-state index in [1.54, 1.807) is 6.07 Å². The van der Waals surface area contributed by atoms with E-state index in [9.17, 15) is 4.79 Å². The number of aromatic amines is 1. The first-order chi connectivity index (χ1) is 7.25. The molecule has 0 bridgehead atoms. The van der Waals surface area contributed by atoms with Gasteiger partial charge in [-0.15, -0.1) is 0 Å². The van der Waals surface area contributed by atoms with E-state index in [1.807, 2.05) is 0 Å². The average molecular weight is 228 g/mol. The average Bonchev–Trinajstić information content (AvgIpc) is 2.25. The Morgan fingerprint density at radius 1 is 1.47 bits per heavy atom. The number of H-pyrrole nitrogens is 1. The van der Waals surface area contributed by atoms with Crippen molar-refractivity contribution in [3.05, 3.63) is 27.1 Å². The van der Waals surface area contributed by atoms with Crippen LogP contribution in [0.25, 0.3) is 0 Å². The molecule has 0 amide bonds. The van der Waals surface area contributed by atoms with Crippen molar-refractivity contribution < 1.29 is 0 Å². The summed E-state index contributed by atoms with van der Waals surface area (Å²) in [5, 5.41) is 9.94. The molecule has 0 atom stereocenters. The predicted octanol–water partition coefficient (Wildman–Crippen LogP) is 0.965. The Morgan fingerprint density at radius 2 is 2.20 bits per heavy atom. The monoisotopic (exact) mass is 227 g/mol. The van der Waals surface area contributed by atoms with Crippen LogP contribution in [-0.4, -0.2) is 23.3 Å². The van der Waals surface area contributed by atoms with Crippen LogP contribution < -0.4 is 10.9 Å². The van der Waals surface area contributed by atoms with Gasteiger partial charge in [-0.25, -0.2) is 5.10 Å². The zero-order chi connectivity index (χ0) is 10.7. The van der Waals surface area contributed by atoms with Gasteiger partial charge in [0, 0.05) is 0 Å². The van der Waals surface area contributed by atoms with Gasteiger partial charge < -0.3 is 5.32 Å². The lowest BCUT2D eigenvalue weighted by Crippen LogP contribution is -2.29. The minimum absolute atomic E-state index is 0.230. The highest BCUT2D eigenvalue weighted by atomic mass is 35.5. The molecule has 0 aliphatic carbocycles. The fraction of sp³-hybridized carbons (Fsp3) is 0.600. The SMILES string of the molecule is O=c1[nH]nc(CC2CCNCC2)cc1Cl. The molecule has 2 heterocycles. The van der Waals surface area contributed by atoms with Gasteiger partial charge in [-0.2, -0.15) is 5.10 Å². The molecule has 1 aromatic heterocycles. The second-order valence-electron chi connectivity index (χ2n) is 3.93. The van der Waals surface area contributed by atoms with Gasteiger partial charge in [0.05, 0.1) is 5.69 Å². The van der Waals surface area contributed by atoms with E-state index in [0.29, 0.717) is 5.92 Å². The van der Waals surface area contributed by atoms with Gasteiger partial charge in [-0.05, 0) is 44.3 Å². The van der Waals surface area contributed by atoms with E-state index in [4.69, 9.17) is 11.6 Å². The quantitative estimate of drug-likeness (QED) is 0.792. The third kappa shape index (κ3) is 2.79. The van der Waals surface area contributed by atoms with E-state index in [0.717, 1.165) is 25.2 Å². The van der Waals surface area contributed by atoms with Crippen LogP contribution in [0.2, 0.25) is 5.02 Å². The fourth-order valence-electron chi connectivity index (χ4n) is 1.91. The Balaban J connectivity index is 2.03. The molecule has 1 fully saturated rings. The fourth-order valence-corrected chi connectivity index (χ4v) is 2.07. The summed E-state index contributed by atoms with van der Waals surface area (Å²) in [7, 11) is 0. The molecule has 0 spiro atoms. The largest absolute Gasteiger partial charge is 0.317 e. The molecule has 15 heavy (non-hydrogen) atoms. The highest BCUT2D eigenvalue weighted by Gasteiger charge is 2.14. The van der Waals surface area contributed by atoms with Gasteiger partial charge in [-0.3, -0.25) is 4.79 Å². The Labute approximate surface area is 93.0 Å². The van der Waals surface area contributed by atoms with E-state index in [1.165, 1.54) is 12.8 Å². The lowest BCUT2D eigenvalue weighted by molar-refractivity contribution is 0.369. The molecule has 0 saturated carbocycles. The molecule has 5 heteroatoms. The van der Waals surface area contributed by atoms with Gasteiger partial charge in [0.25, 0.3) is 5.56 Å². The molecular formula is C10H14ClN3O. The van der Waals surface area contributed by atoms with Crippen molar-refractivity contribution in [1.82, 2.24) is 15.5 Å². The maximum atomic E-state index is 11.0. The van der Waals surface area contributed by atoms with Gasteiger partial charge in [0.1, 0.15) is 5.02 Å². The topological polar surface area (TPSA) is 57.8 Å². The molecule has 0 aromatic carbocycles. The van der Waals surface area contributed by atoms with Crippen LogP contribution in [0.5, 0.6) is 0 Å². The second kappa shape index (κ2) is 4.77. The zero-order valence-corrected chi connectivity index (χ0v) is 9.18. The predicted molar refractivity (Wildman–Crippen MR) is 59.2 cm³/mol. The lowest BCUT2D eigenvalue weighted by atomic mass is 9.93. The van der Waals surface area contributed by atoms with Gasteiger partial charge >= 0.3 is 0 Å². The molecule has 1 saturated heterocycles. The highest BCUT2D eigenvalue weighted by Crippen LogP contribution is 2.17. The second-order valence-corrected chi connectivity index (χ2v) is 4.34. The van der Waals surface area contributed by atoms with Crippen molar-refractivity contribution in [2.24, 2.45) is 5.92 Å². The standard InChI is InChI=1S/C10H14ClN3O/c11-9-6-8(13-14-10(9)15)5-7-1-3-12-4-2-7/h6-7,12H,1-5H2,(H,14,15). The summed E-state index contributed by atoms with van der Waals surface area (Å²) in [4.78, 5) is 11.0. The minimum Gasteiger partial charge on any atom is -0.317 e.